The number of amides is 2. The van der Waals surface area contributed by atoms with E-state index in [1.54, 1.807) is 6.92 Å². The van der Waals surface area contributed by atoms with Gasteiger partial charge in [-0.1, -0.05) is 42.5 Å². The molecule has 0 bridgehead atoms. The van der Waals surface area contributed by atoms with Crippen molar-refractivity contribution in [2.45, 2.75) is 45.4 Å². The van der Waals surface area contributed by atoms with Crippen molar-refractivity contribution in [3.8, 4) is 5.75 Å². The van der Waals surface area contributed by atoms with E-state index < -0.39 is 18.1 Å². The number of hydrazine groups is 2. The summed E-state index contributed by atoms with van der Waals surface area (Å²) < 4.78 is 5.73. The molecule has 0 aliphatic carbocycles. The Balaban J connectivity index is 1.47. The SMILES string of the molecule is Cc1cccc(OC(C)C(=O)NNC(=O)C2CC(c3ccccc3)NN2)c1C. The van der Waals surface area contributed by atoms with Gasteiger partial charge >= 0.3 is 0 Å². The van der Waals surface area contributed by atoms with Gasteiger partial charge in [0.2, 0.25) is 0 Å². The molecule has 0 spiro atoms. The maximum Gasteiger partial charge on any atom is 0.279 e. The fraction of sp³-hybridized carbons (Fsp3) is 0.333. The number of ether oxygens (including phenoxy) is 1. The van der Waals surface area contributed by atoms with Crippen LogP contribution in [0.15, 0.2) is 48.5 Å². The Hall–Kier alpha value is -2.90. The highest BCUT2D eigenvalue weighted by atomic mass is 16.5. The summed E-state index contributed by atoms with van der Waals surface area (Å²) in [5.74, 6) is -0.0700. The minimum atomic E-state index is -0.743. The zero-order valence-electron chi connectivity index (χ0n) is 16.3. The zero-order chi connectivity index (χ0) is 20.1. The topological polar surface area (TPSA) is 91.5 Å². The molecule has 1 aliphatic heterocycles. The first kappa shape index (κ1) is 19.9. The van der Waals surface area contributed by atoms with Gasteiger partial charge in [-0.15, -0.1) is 0 Å². The van der Waals surface area contributed by atoms with Crippen molar-refractivity contribution in [1.82, 2.24) is 21.7 Å². The van der Waals surface area contributed by atoms with Crippen LogP contribution < -0.4 is 26.4 Å². The summed E-state index contributed by atoms with van der Waals surface area (Å²) in [6, 6.07) is 15.2. The molecule has 1 fully saturated rings. The predicted molar refractivity (Wildman–Crippen MR) is 106 cm³/mol. The van der Waals surface area contributed by atoms with Crippen LogP contribution in [0.4, 0.5) is 0 Å². The first-order chi connectivity index (χ1) is 13.5. The predicted octanol–water partition coefficient (Wildman–Crippen LogP) is 1.83. The van der Waals surface area contributed by atoms with Gasteiger partial charge in [-0.05, 0) is 49.9 Å². The Morgan fingerprint density at radius 2 is 1.79 bits per heavy atom. The second-order valence-corrected chi connectivity index (χ2v) is 6.98. The molecule has 148 valence electrons. The molecule has 28 heavy (non-hydrogen) atoms. The highest BCUT2D eigenvalue weighted by Gasteiger charge is 2.30. The van der Waals surface area contributed by atoms with Gasteiger partial charge in [0, 0.05) is 6.04 Å². The van der Waals surface area contributed by atoms with E-state index in [1.807, 2.05) is 62.4 Å². The van der Waals surface area contributed by atoms with E-state index in [-0.39, 0.29) is 11.9 Å². The summed E-state index contributed by atoms with van der Waals surface area (Å²) in [6.45, 7) is 5.57. The maximum absolute atomic E-state index is 12.3. The molecule has 0 aromatic heterocycles. The van der Waals surface area contributed by atoms with Gasteiger partial charge in [0.05, 0.1) is 0 Å². The molecule has 1 heterocycles. The highest BCUT2D eigenvalue weighted by molar-refractivity contribution is 5.87. The number of hydrogen-bond donors (Lipinski definition) is 4. The lowest BCUT2D eigenvalue weighted by Gasteiger charge is -2.18. The molecule has 7 heteroatoms. The fourth-order valence-electron chi connectivity index (χ4n) is 3.04. The van der Waals surface area contributed by atoms with Crippen molar-refractivity contribution in [2.24, 2.45) is 0 Å². The lowest BCUT2D eigenvalue weighted by molar-refractivity contribution is -0.133. The van der Waals surface area contributed by atoms with Crippen LogP contribution in [0.1, 0.15) is 36.1 Å². The van der Waals surface area contributed by atoms with Crippen LogP contribution >= 0.6 is 0 Å². The van der Waals surface area contributed by atoms with Gasteiger partial charge in [0.15, 0.2) is 6.10 Å². The molecule has 0 saturated carbocycles. The molecule has 1 aliphatic rings. The normalized spacial score (nSPS) is 19.7. The highest BCUT2D eigenvalue weighted by Crippen LogP contribution is 2.22. The summed E-state index contributed by atoms with van der Waals surface area (Å²) in [6.07, 6.45) is -0.159. The van der Waals surface area contributed by atoms with Crippen molar-refractivity contribution in [2.75, 3.05) is 0 Å². The average Bonchev–Trinajstić information content (AvgIpc) is 3.20. The second kappa shape index (κ2) is 8.86. The van der Waals surface area contributed by atoms with Gasteiger partial charge in [-0.3, -0.25) is 20.4 Å². The van der Waals surface area contributed by atoms with Crippen LogP contribution in [-0.2, 0) is 9.59 Å². The molecule has 0 radical (unpaired) electrons. The number of carbonyl (C=O) groups excluding carboxylic acids is 2. The third-order valence-corrected chi connectivity index (χ3v) is 4.96. The Bertz CT molecular complexity index is 841. The van der Waals surface area contributed by atoms with E-state index in [0.29, 0.717) is 12.2 Å². The molecule has 2 amide bonds. The van der Waals surface area contributed by atoms with Crippen LogP contribution in [0.2, 0.25) is 0 Å². The standard InChI is InChI=1S/C21H26N4O3/c1-13-8-7-11-19(14(13)2)28-15(3)20(26)24-25-21(27)18-12-17(22-23-18)16-9-5-4-6-10-16/h4-11,15,17-18,22-23H,12H2,1-3H3,(H,24,26)(H,25,27). The van der Waals surface area contributed by atoms with Crippen LogP contribution in [0.25, 0.3) is 0 Å². The summed E-state index contributed by atoms with van der Waals surface area (Å²) in [5, 5.41) is 0. The Kier molecular flexibility index (Phi) is 6.28. The van der Waals surface area contributed by atoms with E-state index >= 15 is 0 Å². The first-order valence-electron chi connectivity index (χ1n) is 9.34. The van der Waals surface area contributed by atoms with E-state index in [2.05, 4.69) is 21.7 Å². The molecule has 2 aromatic carbocycles. The Morgan fingerprint density at radius 1 is 1.04 bits per heavy atom. The quantitative estimate of drug-likeness (QED) is 0.592. The number of carbonyl (C=O) groups is 2. The summed E-state index contributed by atoms with van der Waals surface area (Å²) in [4.78, 5) is 24.6. The molecule has 3 rings (SSSR count). The zero-order valence-corrected chi connectivity index (χ0v) is 16.3. The number of rotatable bonds is 5. The number of aryl methyl sites for hydroxylation is 1. The minimum absolute atomic E-state index is 0.0409. The van der Waals surface area contributed by atoms with Crippen LogP contribution in [0.5, 0.6) is 5.75 Å². The summed E-state index contributed by atoms with van der Waals surface area (Å²) in [5.41, 5.74) is 14.2. The van der Waals surface area contributed by atoms with Crippen molar-refractivity contribution in [3.05, 3.63) is 65.2 Å². The van der Waals surface area contributed by atoms with E-state index in [9.17, 15) is 9.59 Å². The summed E-state index contributed by atoms with van der Waals surface area (Å²) >= 11 is 0. The van der Waals surface area contributed by atoms with Gasteiger partial charge < -0.3 is 4.74 Å². The molecule has 4 N–H and O–H groups in total. The molecule has 2 aromatic rings. The van der Waals surface area contributed by atoms with Gasteiger partial charge in [-0.25, -0.2) is 10.9 Å². The van der Waals surface area contributed by atoms with E-state index in [4.69, 9.17) is 4.74 Å². The third kappa shape index (κ3) is 4.68. The van der Waals surface area contributed by atoms with Crippen molar-refractivity contribution >= 4 is 11.8 Å². The maximum atomic E-state index is 12.3. The third-order valence-electron chi connectivity index (χ3n) is 4.96. The fourth-order valence-corrected chi connectivity index (χ4v) is 3.04. The van der Waals surface area contributed by atoms with Crippen LogP contribution in [0, 0.1) is 13.8 Å². The van der Waals surface area contributed by atoms with Crippen molar-refractivity contribution in [1.29, 1.82) is 0 Å². The van der Waals surface area contributed by atoms with Crippen molar-refractivity contribution in [3.63, 3.8) is 0 Å². The molecular weight excluding hydrogens is 356 g/mol. The monoisotopic (exact) mass is 382 g/mol. The second-order valence-electron chi connectivity index (χ2n) is 6.98. The first-order valence-corrected chi connectivity index (χ1v) is 9.34. The Morgan fingerprint density at radius 3 is 2.54 bits per heavy atom. The van der Waals surface area contributed by atoms with Crippen molar-refractivity contribution < 1.29 is 14.3 Å². The van der Waals surface area contributed by atoms with Gasteiger partial charge in [-0.2, -0.15) is 0 Å². The Labute approximate surface area is 164 Å². The lowest BCUT2D eigenvalue weighted by atomic mass is 10.0. The molecule has 1 saturated heterocycles. The smallest absolute Gasteiger partial charge is 0.279 e. The molecular formula is C21H26N4O3. The molecule has 3 atom stereocenters. The van der Waals surface area contributed by atoms with Gasteiger partial charge in [0.25, 0.3) is 11.8 Å². The molecule has 3 unspecified atom stereocenters. The van der Waals surface area contributed by atoms with Crippen LogP contribution in [0.3, 0.4) is 0 Å². The largest absolute Gasteiger partial charge is 0.481 e. The van der Waals surface area contributed by atoms with E-state index in [0.717, 1.165) is 16.7 Å². The number of nitrogens with one attached hydrogen (secondary N) is 4. The minimum Gasteiger partial charge on any atom is -0.481 e. The average molecular weight is 382 g/mol. The van der Waals surface area contributed by atoms with E-state index in [1.165, 1.54) is 0 Å². The lowest BCUT2D eigenvalue weighted by Crippen LogP contribution is -2.52. The summed E-state index contributed by atoms with van der Waals surface area (Å²) in [7, 11) is 0. The number of hydrogen-bond acceptors (Lipinski definition) is 5. The number of benzene rings is 2. The van der Waals surface area contributed by atoms with Crippen LogP contribution in [-0.4, -0.2) is 24.0 Å². The van der Waals surface area contributed by atoms with Gasteiger partial charge in [0.1, 0.15) is 11.8 Å². The molecule has 7 nitrogen and oxygen atoms in total.